The maximum absolute atomic E-state index is 12.9. The molecule has 1 aliphatic carbocycles. The molecule has 4 aromatic rings. The molecular formula is C23H17ClN4O4S. The maximum atomic E-state index is 12.9. The molecule has 0 bridgehead atoms. The number of hydrogen-bond acceptors (Lipinski definition) is 6. The monoisotopic (exact) mass is 480 g/mol. The molecule has 0 saturated heterocycles. The lowest BCUT2D eigenvalue weighted by molar-refractivity contribution is -0.133. The zero-order valence-corrected chi connectivity index (χ0v) is 18.9. The number of para-hydroxylation sites is 1. The van der Waals surface area contributed by atoms with Gasteiger partial charge in [-0.1, -0.05) is 35.0 Å². The molecule has 1 heterocycles. The minimum Gasteiger partial charge on any atom is -0.465 e. The number of allylic oxidation sites excluding steroid dienone is 1. The summed E-state index contributed by atoms with van der Waals surface area (Å²) >= 11 is 5.87. The summed E-state index contributed by atoms with van der Waals surface area (Å²) in [5.74, 6) is -0.624. The first kappa shape index (κ1) is 21.2. The SMILES string of the molecule is COC(=O)C1=C(NS(=O)(=O)c2ccc(Cl)cc2)Cc2cc(-n3nnc4ccccc43)ccc21. The van der Waals surface area contributed by atoms with Crippen molar-refractivity contribution in [3.8, 4) is 5.69 Å². The number of esters is 1. The second-order valence-corrected chi connectivity index (χ2v) is 9.53. The van der Waals surface area contributed by atoms with E-state index in [1.807, 2.05) is 30.3 Å². The molecule has 1 aromatic heterocycles. The van der Waals surface area contributed by atoms with Gasteiger partial charge in [-0.05, 0) is 59.7 Å². The van der Waals surface area contributed by atoms with Gasteiger partial charge in [-0.2, -0.15) is 0 Å². The average Bonchev–Trinajstić information content (AvgIpc) is 3.39. The Hall–Kier alpha value is -3.69. The number of methoxy groups -OCH3 is 1. The van der Waals surface area contributed by atoms with Crippen molar-refractivity contribution in [1.29, 1.82) is 0 Å². The molecular weight excluding hydrogens is 464 g/mol. The summed E-state index contributed by atoms with van der Waals surface area (Å²) in [5, 5.41) is 8.82. The number of halogens is 1. The van der Waals surface area contributed by atoms with Crippen LogP contribution in [0.2, 0.25) is 5.02 Å². The molecule has 0 fully saturated rings. The molecule has 0 saturated carbocycles. The first-order chi connectivity index (χ1) is 15.9. The number of nitrogens with zero attached hydrogens (tertiary/aromatic N) is 3. The molecule has 10 heteroatoms. The standard InChI is InChI=1S/C23H17ClN4O4S/c1-32-23(29)22-18-11-8-16(28-21-5-3-2-4-19(21)25-27-28)12-14(18)13-20(22)26-33(30,31)17-9-6-15(24)7-10-17/h2-12,26H,13H2,1H3. The van der Waals surface area contributed by atoms with Crippen LogP contribution >= 0.6 is 11.6 Å². The van der Waals surface area contributed by atoms with E-state index in [-0.39, 0.29) is 22.6 Å². The number of rotatable bonds is 5. The lowest BCUT2D eigenvalue weighted by Gasteiger charge is -2.11. The highest BCUT2D eigenvalue weighted by atomic mass is 35.5. The molecule has 166 valence electrons. The van der Waals surface area contributed by atoms with Crippen molar-refractivity contribution in [2.45, 2.75) is 11.3 Å². The normalized spacial score (nSPS) is 13.3. The Morgan fingerprint density at radius 1 is 1.09 bits per heavy atom. The summed E-state index contributed by atoms with van der Waals surface area (Å²) in [6.07, 6.45) is 0.201. The van der Waals surface area contributed by atoms with Gasteiger partial charge in [-0.3, -0.25) is 4.72 Å². The van der Waals surface area contributed by atoms with E-state index in [2.05, 4.69) is 15.0 Å². The summed E-state index contributed by atoms with van der Waals surface area (Å²) in [6.45, 7) is 0. The Morgan fingerprint density at radius 2 is 1.85 bits per heavy atom. The Morgan fingerprint density at radius 3 is 2.61 bits per heavy atom. The minimum absolute atomic E-state index is 0.0364. The van der Waals surface area contributed by atoms with E-state index in [1.54, 1.807) is 16.8 Å². The number of sulfonamides is 1. The predicted octanol–water partition coefficient (Wildman–Crippen LogP) is 3.49. The van der Waals surface area contributed by atoms with E-state index < -0.39 is 16.0 Å². The van der Waals surface area contributed by atoms with Crippen molar-refractivity contribution in [3.63, 3.8) is 0 Å². The second kappa shape index (κ2) is 8.02. The van der Waals surface area contributed by atoms with E-state index in [0.29, 0.717) is 10.6 Å². The van der Waals surface area contributed by atoms with Crippen LogP contribution < -0.4 is 4.72 Å². The van der Waals surface area contributed by atoms with Crippen molar-refractivity contribution < 1.29 is 17.9 Å². The van der Waals surface area contributed by atoms with Gasteiger partial charge in [-0.25, -0.2) is 17.9 Å². The molecule has 8 nitrogen and oxygen atoms in total. The summed E-state index contributed by atoms with van der Waals surface area (Å²) in [7, 11) is -2.68. The van der Waals surface area contributed by atoms with Crippen LogP contribution in [0.15, 0.2) is 77.3 Å². The first-order valence-electron chi connectivity index (χ1n) is 9.91. The number of nitrogens with one attached hydrogen (secondary N) is 1. The Kier molecular flexibility index (Phi) is 5.15. The first-order valence-corrected chi connectivity index (χ1v) is 11.8. The van der Waals surface area contributed by atoms with Gasteiger partial charge in [0.05, 0.1) is 28.8 Å². The van der Waals surface area contributed by atoms with Gasteiger partial charge in [-0.15, -0.1) is 5.10 Å². The van der Waals surface area contributed by atoms with E-state index >= 15 is 0 Å². The summed E-state index contributed by atoms with van der Waals surface area (Å²) in [5.41, 5.74) is 4.12. The van der Waals surface area contributed by atoms with Crippen molar-refractivity contribution >= 4 is 44.2 Å². The lowest BCUT2D eigenvalue weighted by Crippen LogP contribution is -2.25. The Bertz CT molecular complexity index is 1540. The molecule has 33 heavy (non-hydrogen) atoms. The van der Waals surface area contributed by atoms with Gasteiger partial charge in [0.25, 0.3) is 10.0 Å². The van der Waals surface area contributed by atoms with Gasteiger partial charge < -0.3 is 4.74 Å². The van der Waals surface area contributed by atoms with Crippen LogP contribution in [0.25, 0.3) is 22.3 Å². The van der Waals surface area contributed by atoms with Gasteiger partial charge in [0, 0.05) is 17.1 Å². The number of carbonyl (C=O) groups excluding carboxylic acids is 1. The molecule has 1 N–H and O–H groups in total. The van der Waals surface area contributed by atoms with E-state index in [9.17, 15) is 13.2 Å². The molecule has 3 aromatic carbocycles. The lowest BCUT2D eigenvalue weighted by atomic mass is 10.0. The predicted molar refractivity (Wildman–Crippen MR) is 123 cm³/mol. The van der Waals surface area contributed by atoms with Crippen molar-refractivity contribution in [2.75, 3.05) is 7.11 Å². The third-order valence-corrected chi connectivity index (χ3v) is 7.05. The highest BCUT2D eigenvalue weighted by Gasteiger charge is 2.31. The van der Waals surface area contributed by atoms with Gasteiger partial charge >= 0.3 is 5.97 Å². The zero-order valence-electron chi connectivity index (χ0n) is 17.3. The fourth-order valence-corrected chi connectivity index (χ4v) is 5.10. The number of benzene rings is 3. The number of hydrogen-bond donors (Lipinski definition) is 1. The molecule has 0 atom stereocenters. The molecule has 0 unspecified atom stereocenters. The number of aromatic nitrogens is 3. The third-order valence-electron chi connectivity index (χ3n) is 5.39. The Balaban J connectivity index is 1.54. The highest BCUT2D eigenvalue weighted by molar-refractivity contribution is 7.89. The largest absolute Gasteiger partial charge is 0.465 e. The number of ether oxygens (including phenoxy) is 1. The molecule has 1 aliphatic rings. The van der Waals surface area contributed by atoms with Gasteiger partial charge in [0.2, 0.25) is 0 Å². The number of carbonyl (C=O) groups is 1. The molecule has 5 rings (SSSR count). The smallest absolute Gasteiger partial charge is 0.340 e. The molecule has 0 amide bonds. The van der Waals surface area contributed by atoms with Gasteiger partial charge in [0.15, 0.2) is 0 Å². The summed E-state index contributed by atoms with van der Waals surface area (Å²) < 4.78 is 35.1. The van der Waals surface area contributed by atoms with Crippen LogP contribution in [0.3, 0.4) is 0 Å². The zero-order chi connectivity index (χ0) is 23.2. The third kappa shape index (κ3) is 3.75. The quantitative estimate of drug-likeness (QED) is 0.438. The fraction of sp³-hybridized carbons (Fsp3) is 0.0870. The molecule has 0 radical (unpaired) electrons. The summed E-state index contributed by atoms with van der Waals surface area (Å²) in [6, 6.07) is 18.8. The maximum Gasteiger partial charge on any atom is 0.340 e. The van der Waals surface area contributed by atoms with Crippen LogP contribution in [0.1, 0.15) is 11.1 Å². The average molecular weight is 481 g/mol. The van der Waals surface area contributed by atoms with E-state index in [0.717, 1.165) is 22.3 Å². The van der Waals surface area contributed by atoms with E-state index in [1.165, 1.54) is 31.4 Å². The van der Waals surface area contributed by atoms with Crippen LogP contribution in [0.4, 0.5) is 0 Å². The number of fused-ring (bicyclic) bond motifs is 2. The fourth-order valence-electron chi connectivity index (χ4n) is 3.86. The van der Waals surface area contributed by atoms with Gasteiger partial charge in [0.1, 0.15) is 5.52 Å². The molecule has 0 aliphatic heterocycles. The summed E-state index contributed by atoms with van der Waals surface area (Å²) in [4.78, 5) is 12.6. The van der Waals surface area contributed by atoms with Crippen LogP contribution in [0.5, 0.6) is 0 Å². The molecule has 0 spiro atoms. The second-order valence-electron chi connectivity index (χ2n) is 7.41. The van der Waals surface area contributed by atoms with Crippen LogP contribution in [-0.4, -0.2) is 36.5 Å². The van der Waals surface area contributed by atoms with Crippen LogP contribution in [0, 0.1) is 0 Å². The Labute approximate surface area is 194 Å². The van der Waals surface area contributed by atoms with Crippen molar-refractivity contribution in [2.24, 2.45) is 0 Å². The van der Waals surface area contributed by atoms with Crippen LogP contribution in [-0.2, 0) is 26.0 Å². The minimum atomic E-state index is -3.94. The topological polar surface area (TPSA) is 103 Å². The van der Waals surface area contributed by atoms with Crippen molar-refractivity contribution in [1.82, 2.24) is 19.7 Å². The van der Waals surface area contributed by atoms with E-state index in [4.69, 9.17) is 16.3 Å². The van der Waals surface area contributed by atoms with Crippen molar-refractivity contribution in [3.05, 3.63) is 88.6 Å². The highest BCUT2D eigenvalue weighted by Crippen LogP contribution is 2.35.